The maximum atomic E-state index is 11.9. The highest BCUT2D eigenvalue weighted by Crippen LogP contribution is 2.33. The number of hydrogen-bond acceptors (Lipinski definition) is 3. The molecule has 1 aliphatic rings. The van der Waals surface area contributed by atoms with Gasteiger partial charge in [-0.3, -0.25) is 9.59 Å². The van der Waals surface area contributed by atoms with Crippen LogP contribution in [0.2, 0.25) is 5.02 Å². The van der Waals surface area contributed by atoms with E-state index in [9.17, 15) is 9.59 Å². The Hall–Kier alpha value is -1.39. The Morgan fingerprint density at radius 1 is 1.28 bits per heavy atom. The summed E-state index contributed by atoms with van der Waals surface area (Å²) in [5.41, 5.74) is 0.954. The Morgan fingerprint density at radius 3 is 2.78 bits per heavy atom. The molecule has 1 aliphatic heterocycles. The van der Waals surface area contributed by atoms with Crippen LogP contribution >= 0.6 is 11.6 Å². The first kappa shape index (κ1) is 13.1. The Morgan fingerprint density at radius 2 is 2.06 bits per heavy atom. The largest absolute Gasteiger partial charge is 0.315 e. The highest BCUT2D eigenvalue weighted by molar-refractivity contribution is 6.55. The molecular weight excluding hydrogens is 252 g/mol. The molecule has 1 N–H and O–H groups in total. The maximum absolute atomic E-state index is 11.9. The number of carbonyl (C=O) groups is 2. The first-order valence-electron chi connectivity index (χ1n) is 6.02. The molecule has 0 unspecified atom stereocenters. The molecule has 4 nitrogen and oxygen atoms in total. The van der Waals surface area contributed by atoms with Gasteiger partial charge in [0.05, 0.1) is 16.3 Å². The molecule has 1 amide bonds. The van der Waals surface area contributed by atoms with E-state index in [2.05, 4.69) is 12.2 Å². The molecule has 0 fully saturated rings. The molecule has 96 valence electrons. The molecule has 0 aromatic heterocycles. The van der Waals surface area contributed by atoms with Gasteiger partial charge in [-0.15, -0.1) is 0 Å². The van der Waals surface area contributed by atoms with Crippen LogP contribution in [0.25, 0.3) is 0 Å². The SMILES string of the molecule is CCCNCCN1C(=O)C(=O)c2c(Cl)cccc21. The summed E-state index contributed by atoms with van der Waals surface area (Å²) < 4.78 is 0. The minimum Gasteiger partial charge on any atom is -0.315 e. The fraction of sp³-hybridized carbons (Fsp3) is 0.385. The summed E-state index contributed by atoms with van der Waals surface area (Å²) in [4.78, 5) is 25.2. The van der Waals surface area contributed by atoms with Crippen molar-refractivity contribution in [2.45, 2.75) is 13.3 Å². The van der Waals surface area contributed by atoms with E-state index >= 15 is 0 Å². The van der Waals surface area contributed by atoms with Gasteiger partial charge in [0, 0.05) is 13.1 Å². The van der Waals surface area contributed by atoms with Gasteiger partial charge < -0.3 is 10.2 Å². The molecule has 0 bridgehead atoms. The van der Waals surface area contributed by atoms with E-state index in [0.29, 0.717) is 29.4 Å². The summed E-state index contributed by atoms with van der Waals surface area (Å²) >= 11 is 5.96. The van der Waals surface area contributed by atoms with Crippen molar-refractivity contribution in [1.82, 2.24) is 5.32 Å². The van der Waals surface area contributed by atoms with Gasteiger partial charge in [0.25, 0.3) is 11.7 Å². The number of fused-ring (bicyclic) bond motifs is 1. The van der Waals surface area contributed by atoms with E-state index in [1.165, 1.54) is 4.90 Å². The van der Waals surface area contributed by atoms with Crippen molar-refractivity contribution in [2.24, 2.45) is 0 Å². The van der Waals surface area contributed by atoms with Crippen LogP contribution < -0.4 is 10.2 Å². The average molecular weight is 267 g/mol. The molecule has 18 heavy (non-hydrogen) atoms. The zero-order chi connectivity index (χ0) is 13.1. The summed E-state index contributed by atoms with van der Waals surface area (Å²) in [7, 11) is 0. The van der Waals surface area contributed by atoms with Crippen LogP contribution in [-0.4, -0.2) is 31.3 Å². The number of ketones is 1. The summed E-state index contributed by atoms with van der Waals surface area (Å²) in [5.74, 6) is -0.998. The first-order chi connectivity index (χ1) is 8.66. The van der Waals surface area contributed by atoms with Gasteiger partial charge in [0.2, 0.25) is 0 Å². The quantitative estimate of drug-likeness (QED) is 0.654. The van der Waals surface area contributed by atoms with Crippen molar-refractivity contribution in [3.63, 3.8) is 0 Å². The van der Waals surface area contributed by atoms with E-state index in [1.807, 2.05) is 0 Å². The minimum absolute atomic E-state index is 0.333. The van der Waals surface area contributed by atoms with Gasteiger partial charge in [-0.2, -0.15) is 0 Å². The lowest BCUT2D eigenvalue weighted by Gasteiger charge is -2.16. The monoisotopic (exact) mass is 266 g/mol. The molecule has 0 spiro atoms. The van der Waals surface area contributed by atoms with Crippen LogP contribution in [-0.2, 0) is 4.79 Å². The van der Waals surface area contributed by atoms with Gasteiger partial charge in [0.15, 0.2) is 0 Å². The number of anilines is 1. The highest BCUT2D eigenvalue weighted by atomic mass is 35.5. The third-order valence-corrected chi connectivity index (χ3v) is 3.20. The van der Waals surface area contributed by atoms with Crippen LogP contribution in [0.3, 0.4) is 0 Å². The molecule has 1 aromatic carbocycles. The second-order valence-electron chi connectivity index (χ2n) is 4.17. The van der Waals surface area contributed by atoms with Crippen LogP contribution in [0, 0.1) is 0 Å². The van der Waals surface area contributed by atoms with Crippen LogP contribution in [0.1, 0.15) is 23.7 Å². The number of rotatable bonds is 5. The Labute approximate surface area is 111 Å². The van der Waals surface area contributed by atoms with E-state index in [-0.39, 0.29) is 0 Å². The number of hydrogen-bond donors (Lipinski definition) is 1. The van der Waals surface area contributed by atoms with E-state index in [0.717, 1.165) is 13.0 Å². The predicted octanol–water partition coefficient (Wildman–Crippen LogP) is 1.87. The topological polar surface area (TPSA) is 49.4 Å². The van der Waals surface area contributed by atoms with Gasteiger partial charge >= 0.3 is 0 Å². The molecule has 1 aromatic rings. The second-order valence-corrected chi connectivity index (χ2v) is 4.58. The molecule has 0 radical (unpaired) electrons. The average Bonchev–Trinajstić information content (AvgIpc) is 2.60. The van der Waals surface area contributed by atoms with Crippen molar-refractivity contribution < 1.29 is 9.59 Å². The minimum atomic E-state index is -0.508. The zero-order valence-electron chi connectivity index (χ0n) is 10.2. The lowest BCUT2D eigenvalue weighted by Crippen LogP contribution is -2.36. The second kappa shape index (κ2) is 5.50. The number of carbonyl (C=O) groups excluding carboxylic acids is 2. The fourth-order valence-corrected chi connectivity index (χ4v) is 2.27. The van der Waals surface area contributed by atoms with Crippen molar-refractivity contribution in [2.75, 3.05) is 24.5 Å². The molecule has 0 atom stereocenters. The Bertz CT molecular complexity index is 488. The van der Waals surface area contributed by atoms with Crippen molar-refractivity contribution in [3.8, 4) is 0 Å². The summed E-state index contributed by atoms with van der Waals surface area (Å²) in [6.07, 6.45) is 1.04. The Balaban J connectivity index is 2.16. The highest BCUT2D eigenvalue weighted by Gasteiger charge is 2.36. The van der Waals surface area contributed by atoms with Gasteiger partial charge in [-0.05, 0) is 25.1 Å². The van der Waals surface area contributed by atoms with Crippen molar-refractivity contribution in [1.29, 1.82) is 0 Å². The maximum Gasteiger partial charge on any atom is 0.299 e. The predicted molar refractivity (Wildman–Crippen MR) is 71.3 cm³/mol. The van der Waals surface area contributed by atoms with Gasteiger partial charge in [0.1, 0.15) is 0 Å². The number of amides is 1. The Kier molecular flexibility index (Phi) is 3.99. The smallest absolute Gasteiger partial charge is 0.299 e. The van der Waals surface area contributed by atoms with Crippen molar-refractivity contribution >= 4 is 29.0 Å². The molecule has 1 heterocycles. The summed E-state index contributed by atoms with van der Waals surface area (Å²) in [6, 6.07) is 5.13. The fourth-order valence-electron chi connectivity index (χ4n) is 2.02. The van der Waals surface area contributed by atoms with E-state index < -0.39 is 11.7 Å². The van der Waals surface area contributed by atoms with Gasteiger partial charge in [-0.25, -0.2) is 0 Å². The van der Waals surface area contributed by atoms with Crippen molar-refractivity contribution in [3.05, 3.63) is 28.8 Å². The number of nitrogens with zero attached hydrogens (tertiary/aromatic N) is 1. The molecule has 0 aliphatic carbocycles. The molecule has 2 rings (SSSR count). The van der Waals surface area contributed by atoms with Crippen LogP contribution in [0.5, 0.6) is 0 Å². The number of benzene rings is 1. The molecule has 0 saturated heterocycles. The van der Waals surface area contributed by atoms with Crippen LogP contribution in [0.15, 0.2) is 18.2 Å². The van der Waals surface area contributed by atoms with E-state index in [1.54, 1.807) is 18.2 Å². The third-order valence-electron chi connectivity index (χ3n) is 2.89. The van der Waals surface area contributed by atoms with Gasteiger partial charge in [-0.1, -0.05) is 24.6 Å². The normalized spacial score (nSPS) is 14.2. The van der Waals surface area contributed by atoms with Crippen LogP contribution in [0.4, 0.5) is 5.69 Å². The standard InChI is InChI=1S/C13H15ClN2O2/c1-2-6-15-7-8-16-10-5-3-4-9(14)11(10)12(17)13(16)18/h3-5,15H,2,6-8H2,1H3. The van der Waals surface area contributed by atoms with E-state index in [4.69, 9.17) is 11.6 Å². The lowest BCUT2D eigenvalue weighted by molar-refractivity contribution is -0.114. The molecule has 5 heteroatoms. The third kappa shape index (κ3) is 2.26. The molecular formula is C13H15ClN2O2. The number of Topliss-reactive ketones (excluding diaryl/α,β-unsaturated/α-hetero) is 1. The zero-order valence-corrected chi connectivity index (χ0v) is 11.0. The first-order valence-corrected chi connectivity index (χ1v) is 6.40. The summed E-state index contributed by atoms with van der Waals surface area (Å²) in [5, 5.41) is 3.55. The molecule has 0 saturated carbocycles. The summed E-state index contributed by atoms with van der Waals surface area (Å²) in [6.45, 7) is 4.13. The number of halogens is 1. The lowest BCUT2D eigenvalue weighted by atomic mass is 10.1. The number of nitrogens with one attached hydrogen (secondary N) is 1.